The molecule has 1 aliphatic rings. The van der Waals surface area contributed by atoms with E-state index in [9.17, 15) is 14.4 Å². The summed E-state index contributed by atoms with van der Waals surface area (Å²) in [7, 11) is 0. The van der Waals surface area contributed by atoms with E-state index in [0.29, 0.717) is 16.1 Å². The molecule has 0 N–H and O–H groups in total. The maximum absolute atomic E-state index is 12.3. The molecule has 6 heteroatoms. The molecule has 1 aliphatic heterocycles. The third-order valence-electron chi connectivity index (χ3n) is 3.85. The van der Waals surface area contributed by atoms with Gasteiger partial charge in [-0.05, 0) is 36.8 Å². The van der Waals surface area contributed by atoms with Crippen molar-refractivity contribution in [1.29, 1.82) is 0 Å². The molecule has 2 amide bonds. The van der Waals surface area contributed by atoms with Crippen LogP contribution in [-0.2, 0) is 16.1 Å². The van der Waals surface area contributed by atoms with Crippen molar-refractivity contribution in [2.45, 2.75) is 19.6 Å². The molecule has 1 unspecified atom stereocenters. The van der Waals surface area contributed by atoms with Gasteiger partial charge < -0.3 is 4.74 Å². The van der Waals surface area contributed by atoms with E-state index in [1.807, 2.05) is 0 Å². The SMILES string of the molecule is CC(C(=O)OCc1ccc(Cl)cc1)N1C(=O)c2ccccc2C1=O. The first-order valence-electron chi connectivity index (χ1n) is 7.37. The minimum atomic E-state index is -0.996. The van der Waals surface area contributed by atoms with Crippen LogP contribution in [0.1, 0.15) is 33.2 Å². The first-order valence-corrected chi connectivity index (χ1v) is 7.75. The van der Waals surface area contributed by atoms with Crippen LogP contribution in [-0.4, -0.2) is 28.7 Å². The predicted molar refractivity (Wildman–Crippen MR) is 87.7 cm³/mol. The molecule has 0 spiro atoms. The van der Waals surface area contributed by atoms with Crippen LogP contribution in [0.5, 0.6) is 0 Å². The number of carbonyl (C=O) groups excluding carboxylic acids is 3. The van der Waals surface area contributed by atoms with Gasteiger partial charge >= 0.3 is 5.97 Å². The standard InChI is InChI=1S/C18H14ClNO4/c1-11(18(23)24-10-12-6-8-13(19)9-7-12)20-16(21)14-4-2-3-5-15(14)17(20)22/h2-9,11H,10H2,1H3. The van der Waals surface area contributed by atoms with E-state index in [0.717, 1.165) is 10.5 Å². The number of halogens is 1. The van der Waals surface area contributed by atoms with Gasteiger partial charge in [0.2, 0.25) is 0 Å². The number of ether oxygens (including phenoxy) is 1. The van der Waals surface area contributed by atoms with Gasteiger partial charge in [0.05, 0.1) is 11.1 Å². The fourth-order valence-corrected chi connectivity index (χ4v) is 2.65. The van der Waals surface area contributed by atoms with Crippen molar-refractivity contribution in [2.24, 2.45) is 0 Å². The van der Waals surface area contributed by atoms with Gasteiger partial charge in [0, 0.05) is 5.02 Å². The summed E-state index contributed by atoms with van der Waals surface area (Å²) in [4.78, 5) is 37.9. The Morgan fingerprint density at radius 2 is 1.58 bits per heavy atom. The smallest absolute Gasteiger partial charge is 0.329 e. The molecular formula is C18H14ClNO4. The monoisotopic (exact) mass is 343 g/mol. The number of amides is 2. The zero-order chi connectivity index (χ0) is 17.3. The zero-order valence-corrected chi connectivity index (χ0v) is 13.6. The largest absolute Gasteiger partial charge is 0.459 e. The van der Waals surface area contributed by atoms with Gasteiger partial charge in [0.1, 0.15) is 12.6 Å². The van der Waals surface area contributed by atoms with Crippen LogP contribution in [0.2, 0.25) is 5.02 Å². The van der Waals surface area contributed by atoms with E-state index in [4.69, 9.17) is 16.3 Å². The number of hydrogen-bond donors (Lipinski definition) is 0. The lowest BCUT2D eigenvalue weighted by Crippen LogP contribution is -2.43. The van der Waals surface area contributed by atoms with Crippen molar-refractivity contribution < 1.29 is 19.1 Å². The fourth-order valence-electron chi connectivity index (χ4n) is 2.52. The van der Waals surface area contributed by atoms with Crippen molar-refractivity contribution in [3.05, 3.63) is 70.2 Å². The van der Waals surface area contributed by atoms with Crippen molar-refractivity contribution in [3.8, 4) is 0 Å². The van der Waals surface area contributed by atoms with E-state index >= 15 is 0 Å². The van der Waals surface area contributed by atoms with Crippen LogP contribution in [0.4, 0.5) is 0 Å². The van der Waals surface area contributed by atoms with Gasteiger partial charge in [-0.3, -0.25) is 14.5 Å². The first kappa shape index (κ1) is 16.2. The minimum Gasteiger partial charge on any atom is -0.459 e. The fraction of sp³-hybridized carbons (Fsp3) is 0.167. The van der Waals surface area contributed by atoms with Crippen LogP contribution in [0.15, 0.2) is 48.5 Å². The number of nitrogens with zero attached hydrogens (tertiary/aromatic N) is 1. The number of rotatable bonds is 4. The van der Waals surface area contributed by atoms with Gasteiger partial charge in [-0.1, -0.05) is 35.9 Å². The predicted octanol–water partition coefficient (Wildman–Crippen LogP) is 3.07. The van der Waals surface area contributed by atoms with Gasteiger partial charge in [0.15, 0.2) is 0 Å². The Kier molecular flexibility index (Phi) is 4.36. The van der Waals surface area contributed by atoms with Crippen molar-refractivity contribution in [1.82, 2.24) is 4.90 Å². The summed E-state index contributed by atoms with van der Waals surface area (Å²) < 4.78 is 5.21. The highest BCUT2D eigenvalue weighted by atomic mass is 35.5. The van der Waals surface area contributed by atoms with Crippen molar-refractivity contribution in [2.75, 3.05) is 0 Å². The molecule has 0 aliphatic carbocycles. The van der Waals surface area contributed by atoms with Gasteiger partial charge in [0.25, 0.3) is 11.8 Å². The van der Waals surface area contributed by atoms with Gasteiger partial charge in [-0.2, -0.15) is 0 Å². The van der Waals surface area contributed by atoms with Crippen LogP contribution in [0.25, 0.3) is 0 Å². The Balaban J connectivity index is 1.69. The molecule has 3 rings (SSSR count). The molecule has 0 fully saturated rings. The highest BCUT2D eigenvalue weighted by Crippen LogP contribution is 2.25. The molecule has 5 nitrogen and oxygen atoms in total. The topological polar surface area (TPSA) is 63.7 Å². The minimum absolute atomic E-state index is 0.0452. The van der Waals surface area contributed by atoms with Crippen LogP contribution >= 0.6 is 11.6 Å². The molecule has 122 valence electrons. The Hall–Kier alpha value is -2.66. The maximum atomic E-state index is 12.3. The molecule has 2 aromatic rings. The summed E-state index contributed by atoms with van der Waals surface area (Å²) in [6, 6.07) is 12.4. The van der Waals surface area contributed by atoms with Crippen LogP contribution in [0.3, 0.4) is 0 Å². The van der Waals surface area contributed by atoms with Crippen molar-refractivity contribution >= 4 is 29.4 Å². The van der Waals surface area contributed by atoms with E-state index in [1.165, 1.54) is 6.92 Å². The molecule has 0 radical (unpaired) electrons. The van der Waals surface area contributed by atoms with E-state index in [2.05, 4.69) is 0 Å². The molecule has 0 bridgehead atoms. The Bertz CT molecular complexity index is 781. The van der Waals surface area contributed by atoms with Crippen LogP contribution in [0, 0.1) is 0 Å². The highest BCUT2D eigenvalue weighted by Gasteiger charge is 2.41. The highest BCUT2D eigenvalue weighted by molar-refractivity contribution is 6.30. The average Bonchev–Trinajstić information content (AvgIpc) is 2.85. The number of carbonyl (C=O) groups is 3. The summed E-state index contributed by atoms with van der Waals surface area (Å²) in [6.07, 6.45) is 0. The second kappa shape index (κ2) is 6.45. The summed E-state index contributed by atoms with van der Waals surface area (Å²) in [6.45, 7) is 1.52. The summed E-state index contributed by atoms with van der Waals surface area (Å²) in [5.41, 5.74) is 1.38. The number of fused-ring (bicyclic) bond motifs is 1. The first-order chi connectivity index (χ1) is 11.5. The number of hydrogen-bond acceptors (Lipinski definition) is 4. The Morgan fingerprint density at radius 1 is 1.04 bits per heavy atom. The normalized spacial score (nSPS) is 14.5. The lowest BCUT2D eigenvalue weighted by atomic mass is 10.1. The van der Waals surface area contributed by atoms with Gasteiger partial charge in [-0.15, -0.1) is 0 Å². The molecule has 0 saturated carbocycles. The summed E-state index contributed by atoms with van der Waals surface area (Å²) >= 11 is 5.80. The van der Waals surface area contributed by atoms with E-state index in [1.54, 1.807) is 48.5 Å². The molecule has 0 saturated heterocycles. The van der Waals surface area contributed by atoms with Crippen LogP contribution < -0.4 is 0 Å². The lowest BCUT2D eigenvalue weighted by Gasteiger charge is -2.20. The third kappa shape index (κ3) is 2.90. The van der Waals surface area contributed by atoms with E-state index < -0.39 is 23.8 Å². The number of benzene rings is 2. The molecule has 1 atom stereocenters. The molecule has 24 heavy (non-hydrogen) atoms. The summed E-state index contributed by atoms with van der Waals surface area (Å²) in [5, 5.41) is 0.587. The second-order valence-electron chi connectivity index (χ2n) is 5.44. The summed E-state index contributed by atoms with van der Waals surface area (Å²) in [5.74, 6) is -1.60. The van der Waals surface area contributed by atoms with E-state index in [-0.39, 0.29) is 6.61 Å². The zero-order valence-electron chi connectivity index (χ0n) is 12.9. The number of imide groups is 1. The van der Waals surface area contributed by atoms with Crippen molar-refractivity contribution in [3.63, 3.8) is 0 Å². The Morgan fingerprint density at radius 3 is 2.12 bits per heavy atom. The third-order valence-corrected chi connectivity index (χ3v) is 4.10. The number of esters is 1. The Labute approximate surface area is 143 Å². The maximum Gasteiger partial charge on any atom is 0.329 e. The molecule has 1 heterocycles. The molecular weight excluding hydrogens is 330 g/mol. The van der Waals surface area contributed by atoms with Gasteiger partial charge in [-0.25, -0.2) is 4.79 Å². The molecule has 2 aromatic carbocycles. The quantitative estimate of drug-likeness (QED) is 0.632. The lowest BCUT2D eigenvalue weighted by molar-refractivity contribution is -0.149. The second-order valence-corrected chi connectivity index (χ2v) is 5.87. The molecule has 0 aromatic heterocycles. The average molecular weight is 344 g/mol.